The second kappa shape index (κ2) is 5.08. The number of nitrogens with zero attached hydrogens (tertiary/aromatic N) is 1. The third kappa shape index (κ3) is 3.31. The number of pyridine rings is 1. The van der Waals surface area contributed by atoms with Crippen molar-refractivity contribution in [3.8, 4) is 0 Å². The molecule has 0 saturated carbocycles. The molecule has 0 amide bonds. The van der Waals surface area contributed by atoms with Crippen LogP contribution in [0.15, 0.2) is 47.5 Å². The summed E-state index contributed by atoms with van der Waals surface area (Å²) in [5, 5.41) is 0.694. The normalized spacial score (nSPS) is 11.4. The van der Waals surface area contributed by atoms with Crippen molar-refractivity contribution >= 4 is 21.4 Å². The van der Waals surface area contributed by atoms with Crippen molar-refractivity contribution in [3.05, 3.63) is 58.9 Å². The van der Waals surface area contributed by atoms with Crippen molar-refractivity contribution in [1.82, 2.24) is 4.98 Å². The van der Waals surface area contributed by atoms with E-state index in [4.69, 9.17) is 11.6 Å². The number of rotatable bonds is 3. The average Bonchev–Trinajstić information content (AvgIpc) is 2.32. The van der Waals surface area contributed by atoms with Crippen molar-refractivity contribution in [1.29, 1.82) is 0 Å². The number of benzene rings is 1. The molecule has 0 unspecified atom stereocenters. The van der Waals surface area contributed by atoms with Gasteiger partial charge < -0.3 is 0 Å². The van der Waals surface area contributed by atoms with E-state index in [1.807, 2.05) is 24.3 Å². The molecule has 0 saturated heterocycles. The summed E-state index contributed by atoms with van der Waals surface area (Å²) in [6.45, 7) is 0. The first kappa shape index (κ1) is 13.1. The summed E-state index contributed by atoms with van der Waals surface area (Å²) in [7, 11) is -3.18. The van der Waals surface area contributed by atoms with Crippen LogP contribution in [-0.4, -0.2) is 19.7 Å². The van der Waals surface area contributed by atoms with Gasteiger partial charge in [0, 0.05) is 29.6 Å². The summed E-state index contributed by atoms with van der Waals surface area (Å²) in [6, 6.07) is 10.8. The molecule has 0 spiro atoms. The van der Waals surface area contributed by atoms with Gasteiger partial charge in [0.1, 0.15) is 0 Å². The van der Waals surface area contributed by atoms with E-state index >= 15 is 0 Å². The summed E-state index contributed by atoms with van der Waals surface area (Å²) in [4.78, 5) is 4.39. The molecule has 0 aliphatic heterocycles. The quantitative estimate of drug-likeness (QED) is 0.869. The molecule has 0 N–H and O–H groups in total. The summed E-state index contributed by atoms with van der Waals surface area (Å²) >= 11 is 5.80. The predicted molar refractivity (Wildman–Crippen MR) is 71.6 cm³/mol. The Labute approximate surface area is 111 Å². The van der Waals surface area contributed by atoms with Crippen LogP contribution in [0.1, 0.15) is 11.3 Å². The SMILES string of the molecule is CS(=O)(=O)c1ccc(Cc2ccc(Cl)cc2)nc1. The van der Waals surface area contributed by atoms with Crippen LogP contribution in [0.2, 0.25) is 5.02 Å². The second-order valence-corrected chi connectivity index (χ2v) is 6.51. The minimum absolute atomic E-state index is 0.238. The highest BCUT2D eigenvalue weighted by molar-refractivity contribution is 7.90. The van der Waals surface area contributed by atoms with E-state index in [1.54, 1.807) is 12.1 Å². The van der Waals surface area contributed by atoms with Gasteiger partial charge in [-0.05, 0) is 29.8 Å². The summed E-state index contributed by atoms with van der Waals surface area (Å²) in [5.41, 5.74) is 1.91. The van der Waals surface area contributed by atoms with E-state index < -0.39 is 9.84 Å². The van der Waals surface area contributed by atoms with Crippen molar-refractivity contribution in [3.63, 3.8) is 0 Å². The summed E-state index contributed by atoms with van der Waals surface area (Å²) < 4.78 is 22.6. The van der Waals surface area contributed by atoms with Crippen LogP contribution in [-0.2, 0) is 16.3 Å². The van der Waals surface area contributed by atoms with E-state index in [0.717, 1.165) is 11.3 Å². The standard InChI is InChI=1S/C13H12ClNO2S/c1-18(16,17)13-7-6-12(15-9-13)8-10-2-4-11(14)5-3-10/h2-7,9H,8H2,1H3. The van der Waals surface area contributed by atoms with Crippen LogP contribution in [0.4, 0.5) is 0 Å². The maximum Gasteiger partial charge on any atom is 0.177 e. The van der Waals surface area contributed by atoms with Crippen molar-refractivity contribution in [2.75, 3.05) is 6.26 Å². The fourth-order valence-electron chi connectivity index (χ4n) is 1.55. The van der Waals surface area contributed by atoms with Crippen LogP contribution in [0.3, 0.4) is 0 Å². The van der Waals surface area contributed by atoms with Gasteiger partial charge in [-0.1, -0.05) is 23.7 Å². The molecule has 3 nitrogen and oxygen atoms in total. The Morgan fingerprint density at radius 1 is 1.11 bits per heavy atom. The zero-order chi connectivity index (χ0) is 13.2. The van der Waals surface area contributed by atoms with Crippen molar-refractivity contribution < 1.29 is 8.42 Å². The van der Waals surface area contributed by atoms with Crippen LogP contribution in [0.5, 0.6) is 0 Å². The Hall–Kier alpha value is -1.39. The molecule has 1 heterocycles. The number of sulfone groups is 1. The van der Waals surface area contributed by atoms with Crippen LogP contribution >= 0.6 is 11.6 Å². The van der Waals surface area contributed by atoms with Gasteiger partial charge in [0.15, 0.2) is 9.84 Å². The fourth-order valence-corrected chi connectivity index (χ4v) is 2.23. The first-order valence-corrected chi connectivity index (χ1v) is 7.61. The van der Waals surface area contributed by atoms with E-state index in [9.17, 15) is 8.42 Å². The Morgan fingerprint density at radius 2 is 1.78 bits per heavy atom. The van der Waals surface area contributed by atoms with Crippen molar-refractivity contribution in [2.45, 2.75) is 11.3 Å². The molecule has 2 rings (SSSR count). The number of halogens is 1. The van der Waals surface area contributed by atoms with E-state index in [0.29, 0.717) is 11.4 Å². The molecule has 0 aliphatic carbocycles. The number of aromatic nitrogens is 1. The lowest BCUT2D eigenvalue weighted by Gasteiger charge is -2.03. The summed E-state index contributed by atoms with van der Waals surface area (Å²) in [6.07, 6.45) is 3.21. The highest BCUT2D eigenvalue weighted by Crippen LogP contribution is 2.14. The Bertz CT molecular complexity index is 634. The molecule has 0 aliphatic rings. The fraction of sp³-hybridized carbons (Fsp3) is 0.154. The van der Waals surface area contributed by atoms with Crippen molar-refractivity contribution in [2.24, 2.45) is 0 Å². The topological polar surface area (TPSA) is 47.0 Å². The van der Waals surface area contributed by atoms with Gasteiger partial charge in [-0.25, -0.2) is 8.42 Å². The zero-order valence-electron chi connectivity index (χ0n) is 9.80. The molecule has 0 fully saturated rings. The minimum Gasteiger partial charge on any atom is -0.260 e. The van der Waals surface area contributed by atoms with E-state index in [2.05, 4.69) is 4.98 Å². The molecule has 1 aromatic carbocycles. The van der Waals surface area contributed by atoms with Crippen LogP contribution in [0, 0.1) is 0 Å². The molecule has 0 bridgehead atoms. The average molecular weight is 282 g/mol. The van der Waals surface area contributed by atoms with Gasteiger partial charge in [-0.3, -0.25) is 4.98 Å². The largest absolute Gasteiger partial charge is 0.260 e. The van der Waals surface area contributed by atoms with Gasteiger partial charge in [-0.15, -0.1) is 0 Å². The Morgan fingerprint density at radius 3 is 2.28 bits per heavy atom. The second-order valence-electron chi connectivity index (χ2n) is 4.06. The van der Waals surface area contributed by atoms with Crippen LogP contribution < -0.4 is 0 Å². The number of hydrogen-bond acceptors (Lipinski definition) is 3. The van der Waals surface area contributed by atoms with Gasteiger partial charge in [0.05, 0.1) is 4.90 Å². The smallest absolute Gasteiger partial charge is 0.177 e. The molecule has 18 heavy (non-hydrogen) atoms. The predicted octanol–water partition coefficient (Wildman–Crippen LogP) is 2.73. The monoisotopic (exact) mass is 281 g/mol. The first-order chi connectivity index (χ1) is 8.45. The van der Waals surface area contributed by atoms with E-state index in [1.165, 1.54) is 12.5 Å². The molecule has 2 aromatic rings. The molecular weight excluding hydrogens is 270 g/mol. The Kier molecular flexibility index (Phi) is 3.68. The molecule has 0 atom stereocenters. The molecule has 94 valence electrons. The van der Waals surface area contributed by atoms with Gasteiger partial charge in [-0.2, -0.15) is 0 Å². The lowest BCUT2D eigenvalue weighted by molar-refractivity contribution is 0.601. The zero-order valence-corrected chi connectivity index (χ0v) is 11.4. The maximum absolute atomic E-state index is 11.3. The highest BCUT2D eigenvalue weighted by atomic mass is 35.5. The highest BCUT2D eigenvalue weighted by Gasteiger charge is 2.07. The molecule has 1 aromatic heterocycles. The van der Waals surface area contributed by atoms with Gasteiger partial charge in [0.25, 0.3) is 0 Å². The molecular formula is C13H12ClNO2S. The maximum atomic E-state index is 11.3. The molecule has 5 heteroatoms. The first-order valence-electron chi connectivity index (χ1n) is 5.34. The van der Waals surface area contributed by atoms with Gasteiger partial charge >= 0.3 is 0 Å². The third-order valence-electron chi connectivity index (χ3n) is 2.52. The summed E-state index contributed by atoms with van der Waals surface area (Å²) in [5.74, 6) is 0. The Balaban J connectivity index is 2.18. The lowest BCUT2D eigenvalue weighted by Crippen LogP contribution is -1.99. The molecule has 0 radical (unpaired) electrons. The van der Waals surface area contributed by atoms with Gasteiger partial charge in [0.2, 0.25) is 0 Å². The minimum atomic E-state index is -3.18. The third-order valence-corrected chi connectivity index (χ3v) is 3.87. The number of hydrogen-bond donors (Lipinski definition) is 0. The lowest BCUT2D eigenvalue weighted by atomic mass is 10.1. The van der Waals surface area contributed by atoms with E-state index in [-0.39, 0.29) is 4.90 Å². The van der Waals surface area contributed by atoms with Crippen LogP contribution in [0.25, 0.3) is 0 Å².